The van der Waals surface area contributed by atoms with Crippen LogP contribution in [0.2, 0.25) is 0 Å². The maximum Gasteiger partial charge on any atom is 0.328 e. The minimum Gasteiger partial charge on any atom is -0.478 e. The molecule has 0 bridgehead atoms. The molecule has 0 aliphatic heterocycles. The van der Waals surface area contributed by atoms with Crippen molar-refractivity contribution in [2.24, 2.45) is 0 Å². The quantitative estimate of drug-likeness (QED) is 0.351. The lowest BCUT2D eigenvalue weighted by Crippen LogP contribution is -2.10. The normalized spacial score (nSPS) is 11.2. The first-order valence-corrected chi connectivity index (χ1v) is 8.94. The number of rotatable bonds is 7. The van der Waals surface area contributed by atoms with Crippen LogP contribution in [0.15, 0.2) is 60.7 Å². The van der Waals surface area contributed by atoms with Crippen LogP contribution in [-0.2, 0) is 14.4 Å². The van der Waals surface area contributed by atoms with Crippen LogP contribution in [0.4, 0.5) is 11.4 Å². The molecule has 156 valence electrons. The van der Waals surface area contributed by atoms with Gasteiger partial charge in [-0.2, -0.15) is 0 Å². The Balaban J connectivity index is 2.15. The molecule has 8 heteroatoms. The summed E-state index contributed by atoms with van der Waals surface area (Å²) in [4.78, 5) is 34.0. The zero-order valence-electron chi connectivity index (χ0n) is 16.4. The maximum absolute atomic E-state index is 11.8. The Hall–Kier alpha value is -3.75. The van der Waals surface area contributed by atoms with Crippen molar-refractivity contribution in [3.8, 4) is 11.1 Å². The molecule has 0 heterocycles. The molecule has 2 aromatic rings. The molecule has 0 spiro atoms. The van der Waals surface area contributed by atoms with E-state index in [4.69, 9.17) is 15.3 Å². The molecule has 8 nitrogen and oxygen atoms in total. The molecule has 2 aromatic carbocycles. The van der Waals surface area contributed by atoms with Crippen LogP contribution in [0.5, 0.6) is 0 Å². The molecule has 5 N–H and O–H groups in total. The van der Waals surface area contributed by atoms with Gasteiger partial charge in [0.15, 0.2) is 6.29 Å². The number of benzene rings is 2. The summed E-state index contributed by atoms with van der Waals surface area (Å²) in [5.74, 6) is -2.21. The van der Waals surface area contributed by atoms with Gasteiger partial charge >= 0.3 is 5.97 Å². The number of hydrogen-bond acceptors (Lipinski definition) is 5. The molecule has 0 aliphatic rings. The van der Waals surface area contributed by atoms with E-state index in [0.717, 1.165) is 46.6 Å². The second kappa shape index (κ2) is 10.1. The van der Waals surface area contributed by atoms with Gasteiger partial charge in [0.2, 0.25) is 11.8 Å². The fourth-order valence-corrected chi connectivity index (χ4v) is 2.64. The monoisotopic (exact) mass is 410 g/mol. The van der Waals surface area contributed by atoms with Crippen LogP contribution in [0, 0.1) is 13.8 Å². The van der Waals surface area contributed by atoms with E-state index in [-0.39, 0.29) is 0 Å². The number of carboxylic acids is 1. The zero-order chi connectivity index (χ0) is 22.3. The van der Waals surface area contributed by atoms with Crippen LogP contribution in [0.3, 0.4) is 0 Å². The number of aliphatic hydroxyl groups is 2. The average Bonchev–Trinajstić information content (AvgIpc) is 2.68. The number of carboxylic acid groups (broad SMARTS) is 1. The van der Waals surface area contributed by atoms with Crippen molar-refractivity contribution < 1.29 is 29.7 Å². The summed E-state index contributed by atoms with van der Waals surface area (Å²) < 4.78 is 0. The second-order valence-electron chi connectivity index (χ2n) is 6.48. The molecule has 0 unspecified atom stereocenters. The van der Waals surface area contributed by atoms with Crippen molar-refractivity contribution in [1.82, 2.24) is 0 Å². The SMILES string of the molecule is Cc1cc(-c2ccc(NC(=O)/C=C/C(O)O)c(C)c2)ccc1NC(=O)/C=C/C(=O)O. The third kappa shape index (κ3) is 6.69. The Bertz CT molecular complexity index is 1020. The number of aliphatic carboxylic acids is 1. The first kappa shape index (κ1) is 22.5. The predicted octanol–water partition coefficient (Wildman–Crippen LogP) is 2.36. The third-order valence-corrected chi connectivity index (χ3v) is 4.10. The predicted molar refractivity (Wildman–Crippen MR) is 113 cm³/mol. The lowest BCUT2D eigenvalue weighted by molar-refractivity contribution is -0.131. The summed E-state index contributed by atoms with van der Waals surface area (Å²) in [6, 6.07) is 10.9. The van der Waals surface area contributed by atoms with Gasteiger partial charge in [0, 0.05) is 29.6 Å². The van der Waals surface area contributed by atoms with Gasteiger partial charge in [-0.1, -0.05) is 12.1 Å². The largest absolute Gasteiger partial charge is 0.478 e. The lowest BCUT2D eigenvalue weighted by Gasteiger charge is -2.12. The van der Waals surface area contributed by atoms with Gasteiger partial charge in [-0.15, -0.1) is 0 Å². The fraction of sp³-hybridized carbons (Fsp3) is 0.136. The van der Waals surface area contributed by atoms with E-state index in [2.05, 4.69) is 10.6 Å². The molecule has 2 amide bonds. The summed E-state index contributed by atoms with van der Waals surface area (Å²) >= 11 is 0. The molecular weight excluding hydrogens is 388 g/mol. The highest BCUT2D eigenvalue weighted by Gasteiger charge is 2.08. The Morgan fingerprint density at radius 1 is 0.800 bits per heavy atom. The molecule has 0 saturated carbocycles. The van der Waals surface area contributed by atoms with E-state index >= 15 is 0 Å². The second-order valence-corrected chi connectivity index (χ2v) is 6.48. The van der Waals surface area contributed by atoms with Crippen LogP contribution in [0.1, 0.15) is 11.1 Å². The van der Waals surface area contributed by atoms with Crippen molar-refractivity contribution in [2.75, 3.05) is 10.6 Å². The van der Waals surface area contributed by atoms with Gasteiger partial charge < -0.3 is 26.0 Å². The zero-order valence-corrected chi connectivity index (χ0v) is 16.4. The van der Waals surface area contributed by atoms with Crippen LogP contribution in [0.25, 0.3) is 11.1 Å². The topological polar surface area (TPSA) is 136 Å². The number of amides is 2. The number of nitrogens with one attached hydrogen (secondary N) is 2. The average molecular weight is 410 g/mol. The van der Waals surface area contributed by atoms with E-state index in [9.17, 15) is 14.4 Å². The number of hydrogen-bond donors (Lipinski definition) is 5. The molecule has 0 radical (unpaired) electrons. The van der Waals surface area contributed by atoms with Gasteiger partial charge in [-0.25, -0.2) is 4.79 Å². The van der Waals surface area contributed by atoms with Crippen molar-refractivity contribution in [2.45, 2.75) is 20.1 Å². The standard InChI is InChI=1S/C22H22N2O6/c1-13-11-15(3-5-17(13)23-19(25)7-9-21(27)28)16-4-6-18(14(2)12-16)24-20(26)8-10-22(29)30/h3-12,21,27-28H,1-2H3,(H,23,25)(H,24,26)(H,29,30)/b9-7+,10-8+. The molecule has 2 rings (SSSR count). The summed E-state index contributed by atoms with van der Waals surface area (Å²) in [6.45, 7) is 3.66. The number of carbonyl (C=O) groups excluding carboxylic acids is 2. The minimum absolute atomic E-state index is 0.480. The smallest absolute Gasteiger partial charge is 0.328 e. The Labute approximate surface area is 173 Å². The number of anilines is 2. The van der Waals surface area contributed by atoms with E-state index < -0.39 is 24.1 Å². The summed E-state index contributed by atoms with van der Waals surface area (Å²) in [5, 5.41) is 31.4. The van der Waals surface area contributed by atoms with Crippen molar-refractivity contribution >= 4 is 29.2 Å². The highest BCUT2D eigenvalue weighted by molar-refractivity contribution is 6.03. The summed E-state index contributed by atoms with van der Waals surface area (Å²) in [5.41, 5.74) is 4.57. The first-order valence-electron chi connectivity index (χ1n) is 8.94. The third-order valence-electron chi connectivity index (χ3n) is 4.10. The van der Waals surface area contributed by atoms with Gasteiger partial charge in [0.05, 0.1) is 0 Å². The van der Waals surface area contributed by atoms with E-state index in [0.29, 0.717) is 11.4 Å². The molecule has 30 heavy (non-hydrogen) atoms. The molecule has 0 saturated heterocycles. The molecule has 0 aromatic heterocycles. The number of aryl methyl sites for hydroxylation is 2. The number of carbonyl (C=O) groups is 3. The Morgan fingerprint density at radius 3 is 1.67 bits per heavy atom. The van der Waals surface area contributed by atoms with Gasteiger partial charge in [0.1, 0.15) is 0 Å². The Morgan fingerprint density at radius 2 is 1.27 bits per heavy atom. The first-order chi connectivity index (χ1) is 14.2. The van der Waals surface area contributed by atoms with Crippen molar-refractivity contribution in [3.63, 3.8) is 0 Å². The van der Waals surface area contributed by atoms with Crippen molar-refractivity contribution in [3.05, 3.63) is 71.8 Å². The Kier molecular flexibility index (Phi) is 7.62. The maximum atomic E-state index is 11.8. The highest BCUT2D eigenvalue weighted by Crippen LogP contribution is 2.28. The van der Waals surface area contributed by atoms with Crippen LogP contribution >= 0.6 is 0 Å². The van der Waals surface area contributed by atoms with Gasteiger partial charge in [0.25, 0.3) is 0 Å². The van der Waals surface area contributed by atoms with E-state index in [1.54, 1.807) is 12.1 Å². The van der Waals surface area contributed by atoms with Gasteiger partial charge in [-0.3, -0.25) is 9.59 Å². The lowest BCUT2D eigenvalue weighted by atomic mass is 10.00. The minimum atomic E-state index is -1.69. The van der Waals surface area contributed by atoms with Crippen molar-refractivity contribution in [1.29, 1.82) is 0 Å². The molecule has 0 atom stereocenters. The molecule has 0 aliphatic carbocycles. The van der Waals surface area contributed by atoms with Crippen LogP contribution < -0.4 is 10.6 Å². The van der Waals surface area contributed by atoms with Crippen LogP contribution in [-0.4, -0.2) is 39.4 Å². The summed E-state index contributed by atoms with van der Waals surface area (Å²) in [6.07, 6.45) is 2.02. The molecular formula is C22H22N2O6. The van der Waals surface area contributed by atoms with E-state index in [1.165, 1.54) is 0 Å². The van der Waals surface area contributed by atoms with E-state index in [1.807, 2.05) is 38.1 Å². The van der Waals surface area contributed by atoms with Gasteiger partial charge in [-0.05, 0) is 66.4 Å². The highest BCUT2D eigenvalue weighted by atomic mass is 16.5. The fourth-order valence-electron chi connectivity index (χ4n) is 2.64. The molecule has 0 fully saturated rings. The summed E-state index contributed by atoms with van der Waals surface area (Å²) in [7, 11) is 0. The number of aliphatic hydroxyl groups excluding tert-OH is 1.